The van der Waals surface area contributed by atoms with Gasteiger partial charge in [-0.1, -0.05) is 23.2 Å². The number of carbonyl (C=O) groups excluding carboxylic acids is 1. The summed E-state index contributed by atoms with van der Waals surface area (Å²) in [6.07, 6.45) is 0. The summed E-state index contributed by atoms with van der Waals surface area (Å²) in [4.78, 5) is 15.5. The van der Waals surface area contributed by atoms with Gasteiger partial charge in [0, 0.05) is 16.1 Å². The van der Waals surface area contributed by atoms with Crippen molar-refractivity contribution < 1.29 is 4.79 Å². The van der Waals surface area contributed by atoms with Crippen LogP contribution in [0.1, 0.15) is 10.5 Å². The van der Waals surface area contributed by atoms with Crippen LogP contribution in [0, 0.1) is 0 Å². The van der Waals surface area contributed by atoms with Crippen LogP contribution in [0.4, 0.5) is 5.69 Å². The van der Waals surface area contributed by atoms with Gasteiger partial charge in [-0.05, 0) is 24.3 Å². The van der Waals surface area contributed by atoms with E-state index in [2.05, 4.69) is 10.3 Å². The summed E-state index contributed by atoms with van der Waals surface area (Å²) in [6, 6.07) is 6.83. The molecular weight excluding hydrogens is 267 g/mol. The molecule has 0 unspecified atom stereocenters. The second-order valence-corrected chi connectivity index (χ2v) is 4.82. The lowest BCUT2D eigenvalue weighted by atomic mass is 10.3. The van der Waals surface area contributed by atoms with Crippen LogP contribution in [0.25, 0.3) is 0 Å². The minimum Gasteiger partial charge on any atom is -0.321 e. The maximum atomic E-state index is 11.7. The Morgan fingerprint density at radius 1 is 1.25 bits per heavy atom. The van der Waals surface area contributed by atoms with Gasteiger partial charge in [0.2, 0.25) is 0 Å². The van der Waals surface area contributed by atoms with Crippen LogP contribution in [-0.2, 0) is 0 Å². The number of carbonyl (C=O) groups is 1. The van der Waals surface area contributed by atoms with Crippen molar-refractivity contribution in [2.24, 2.45) is 0 Å². The molecule has 16 heavy (non-hydrogen) atoms. The summed E-state index contributed by atoms with van der Waals surface area (Å²) >= 11 is 12.6. The van der Waals surface area contributed by atoms with E-state index >= 15 is 0 Å². The zero-order chi connectivity index (χ0) is 11.5. The minimum absolute atomic E-state index is 0.287. The zero-order valence-electron chi connectivity index (χ0n) is 7.91. The largest absolute Gasteiger partial charge is 0.321 e. The van der Waals surface area contributed by atoms with Gasteiger partial charge in [-0.25, -0.2) is 4.98 Å². The summed E-state index contributed by atoms with van der Waals surface area (Å²) in [5.41, 5.74) is 0.975. The van der Waals surface area contributed by atoms with Crippen LogP contribution < -0.4 is 5.32 Å². The highest BCUT2D eigenvalue weighted by atomic mass is 35.5. The Bertz CT molecular complexity index is 510. The summed E-state index contributed by atoms with van der Waals surface area (Å²) < 4.78 is 0.348. The van der Waals surface area contributed by atoms with Gasteiger partial charge in [0.05, 0.1) is 0 Å². The predicted octanol–water partition coefficient (Wildman–Crippen LogP) is 3.70. The van der Waals surface area contributed by atoms with Gasteiger partial charge in [0.25, 0.3) is 5.91 Å². The van der Waals surface area contributed by atoms with E-state index in [0.717, 1.165) is 0 Å². The highest BCUT2D eigenvalue weighted by Crippen LogP contribution is 2.17. The second kappa shape index (κ2) is 4.82. The Labute approximate surface area is 106 Å². The molecule has 0 fully saturated rings. The number of hydrogen-bond donors (Lipinski definition) is 1. The quantitative estimate of drug-likeness (QED) is 0.906. The summed E-state index contributed by atoms with van der Waals surface area (Å²) in [5.74, 6) is -0.287. The summed E-state index contributed by atoms with van der Waals surface area (Å²) in [5, 5.41) is 4.91. The zero-order valence-corrected chi connectivity index (χ0v) is 10.2. The molecule has 0 saturated carbocycles. The summed E-state index contributed by atoms with van der Waals surface area (Å²) in [6.45, 7) is 0. The lowest BCUT2D eigenvalue weighted by Gasteiger charge is -2.02. The number of halogens is 2. The SMILES string of the molecule is O=C(Nc1ccc(Cl)cc1)c1csc(Cl)n1. The maximum Gasteiger partial charge on any atom is 0.275 e. The number of nitrogens with one attached hydrogen (secondary N) is 1. The van der Waals surface area contributed by atoms with E-state index in [-0.39, 0.29) is 5.91 Å². The monoisotopic (exact) mass is 272 g/mol. The van der Waals surface area contributed by atoms with E-state index in [0.29, 0.717) is 20.9 Å². The molecule has 0 bridgehead atoms. The molecule has 2 rings (SSSR count). The molecule has 82 valence electrons. The van der Waals surface area contributed by atoms with Crippen molar-refractivity contribution in [1.82, 2.24) is 4.98 Å². The molecule has 1 aromatic heterocycles. The molecule has 0 radical (unpaired) electrons. The maximum absolute atomic E-state index is 11.7. The minimum atomic E-state index is -0.287. The molecule has 0 saturated heterocycles. The first-order chi connectivity index (χ1) is 7.65. The van der Waals surface area contributed by atoms with Gasteiger partial charge in [-0.2, -0.15) is 0 Å². The second-order valence-electron chi connectivity index (χ2n) is 2.95. The molecule has 6 heteroatoms. The third-order valence-electron chi connectivity index (χ3n) is 1.81. The van der Waals surface area contributed by atoms with Crippen molar-refractivity contribution in [1.29, 1.82) is 0 Å². The van der Waals surface area contributed by atoms with Gasteiger partial charge in [0.1, 0.15) is 5.69 Å². The first-order valence-corrected chi connectivity index (χ1v) is 5.96. The third kappa shape index (κ3) is 2.72. The fourth-order valence-electron chi connectivity index (χ4n) is 1.08. The molecule has 1 N–H and O–H groups in total. The van der Waals surface area contributed by atoms with Crippen LogP contribution in [0.2, 0.25) is 9.49 Å². The Morgan fingerprint density at radius 3 is 2.50 bits per heavy atom. The number of rotatable bonds is 2. The van der Waals surface area contributed by atoms with E-state index < -0.39 is 0 Å². The van der Waals surface area contributed by atoms with Gasteiger partial charge >= 0.3 is 0 Å². The molecular formula is C10H6Cl2N2OS. The number of nitrogens with zero attached hydrogens (tertiary/aromatic N) is 1. The van der Waals surface area contributed by atoms with Crippen molar-refractivity contribution in [3.05, 3.63) is 44.8 Å². The van der Waals surface area contributed by atoms with Crippen LogP contribution in [-0.4, -0.2) is 10.9 Å². The van der Waals surface area contributed by atoms with Crippen molar-refractivity contribution >= 4 is 46.1 Å². The molecule has 0 aliphatic carbocycles. The van der Waals surface area contributed by atoms with Gasteiger partial charge < -0.3 is 5.32 Å². The smallest absolute Gasteiger partial charge is 0.275 e. The number of aromatic nitrogens is 1. The Kier molecular flexibility index (Phi) is 3.43. The topological polar surface area (TPSA) is 42.0 Å². The Hall–Kier alpha value is -1.10. The highest BCUT2D eigenvalue weighted by Gasteiger charge is 2.09. The molecule has 3 nitrogen and oxygen atoms in total. The number of hydrogen-bond acceptors (Lipinski definition) is 3. The summed E-state index contributed by atoms with van der Waals surface area (Å²) in [7, 11) is 0. The van der Waals surface area contributed by atoms with Crippen molar-refractivity contribution in [3.63, 3.8) is 0 Å². The Morgan fingerprint density at radius 2 is 1.94 bits per heavy atom. The number of benzene rings is 1. The molecule has 1 amide bonds. The van der Waals surface area contributed by atoms with Crippen LogP contribution in [0.15, 0.2) is 29.6 Å². The van der Waals surface area contributed by atoms with Gasteiger partial charge in [-0.15, -0.1) is 11.3 Å². The van der Waals surface area contributed by atoms with E-state index in [1.165, 1.54) is 11.3 Å². The molecule has 0 aliphatic heterocycles. The molecule has 0 spiro atoms. The third-order valence-corrected chi connectivity index (χ3v) is 3.04. The van der Waals surface area contributed by atoms with E-state index in [9.17, 15) is 4.79 Å². The molecule has 0 atom stereocenters. The standard InChI is InChI=1S/C10H6Cl2N2OS/c11-6-1-3-7(4-2-6)13-9(15)8-5-16-10(12)14-8/h1-5H,(H,13,15). The van der Waals surface area contributed by atoms with Gasteiger partial charge in [-0.3, -0.25) is 4.79 Å². The number of anilines is 1. The van der Waals surface area contributed by atoms with Crippen LogP contribution in [0.5, 0.6) is 0 Å². The fourth-order valence-corrected chi connectivity index (χ4v) is 1.95. The highest BCUT2D eigenvalue weighted by molar-refractivity contribution is 7.14. The van der Waals surface area contributed by atoms with E-state index in [1.807, 2.05) is 0 Å². The first-order valence-electron chi connectivity index (χ1n) is 4.33. The molecule has 1 aromatic carbocycles. The van der Waals surface area contributed by atoms with Crippen molar-refractivity contribution in [2.45, 2.75) is 0 Å². The fraction of sp³-hybridized carbons (Fsp3) is 0. The Balaban J connectivity index is 2.10. The number of thiazole rings is 1. The lowest BCUT2D eigenvalue weighted by molar-refractivity contribution is 0.102. The molecule has 2 aromatic rings. The first kappa shape index (κ1) is 11.4. The van der Waals surface area contributed by atoms with Crippen molar-refractivity contribution in [2.75, 3.05) is 5.32 Å². The van der Waals surface area contributed by atoms with Gasteiger partial charge in [0.15, 0.2) is 4.47 Å². The lowest BCUT2D eigenvalue weighted by Crippen LogP contribution is -2.11. The van der Waals surface area contributed by atoms with E-state index in [4.69, 9.17) is 23.2 Å². The molecule has 1 heterocycles. The van der Waals surface area contributed by atoms with Crippen LogP contribution >= 0.6 is 34.5 Å². The van der Waals surface area contributed by atoms with E-state index in [1.54, 1.807) is 29.6 Å². The van der Waals surface area contributed by atoms with Crippen LogP contribution in [0.3, 0.4) is 0 Å². The average Bonchev–Trinajstić information content (AvgIpc) is 2.68. The van der Waals surface area contributed by atoms with Crippen molar-refractivity contribution in [3.8, 4) is 0 Å². The predicted molar refractivity (Wildman–Crippen MR) is 66.5 cm³/mol. The molecule has 0 aliphatic rings. The normalized spacial score (nSPS) is 10.1. The average molecular weight is 273 g/mol. The number of amides is 1.